The van der Waals surface area contributed by atoms with Crippen LogP contribution in [0.15, 0.2) is 42.5 Å². The van der Waals surface area contributed by atoms with E-state index in [0.29, 0.717) is 12.0 Å². The van der Waals surface area contributed by atoms with Crippen molar-refractivity contribution in [3.8, 4) is 0 Å². The van der Waals surface area contributed by atoms with E-state index in [-0.39, 0.29) is 10.7 Å². The van der Waals surface area contributed by atoms with Crippen molar-refractivity contribution in [3.05, 3.63) is 65.2 Å². The number of carbonyl (C=O) groups excluding carboxylic acids is 1. The quantitative estimate of drug-likeness (QED) is 0.584. The fraction of sp³-hybridized carbons (Fsp3) is 0.176. The number of hydrogen-bond acceptors (Lipinski definition) is 2. The van der Waals surface area contributed by atoms with Gasteiger partial charge in [0, 0.05) is 11.8 Å². The van der Waals surface area contributed by atoms with Crippen LogP contribution < -0.4 is 16.2 Å². The van der Waals surface area contributed by atoms with Crippen LogP contribution in [-0.2, 0) is 0 Å². The zero-order valence-corrected chi connectivity index (χ0v) is 14.0. The smallest absolute Gasteiger partial charge is 0.272 e. The number of hydrogen-bond donors (Lipinski definition) is 3. The van der Waals surface area contributed by atoms with E-state index < -0.39 is 17.5 Å². The number of carbonyl (C=O) groups is 1. The van der Waals surface area contributed by atoms with Crippen LogP contribution in [0.5, 0.6) is 0 Å². The molecule has 0 unspecified atom stereocenters. The van der Waals surface area contributed by atoms with Crippen molar-refractivity contribution in [2.75, 3.05) is 5.32 Å². The second-order valence-corrected chi connectivity index (χ2v) is 5.84. The van der Waals surface area contributed by atoms with Gasteiger partial charge in [0.1, 0.15) is 11.6 Å². The van der Waals surface area contributed by atoms with Gasteiger partial charge in [-0.15, -0.1) is 0 Å². The molecule has 0 spiro atoms. The van der Waals surface area contributed by atoms with E-state index in [9.17, 15) is 13.6 Å². The van der Waals surface area contributed by atoms with E-state index in [2.05, 4.69) is 30.0 Å². The number of amides is 1. The fourth-order valence-electron chi connectivity index (χ4n) is 1.97. The molecule has 2 aromatic carbocycles. The molecule has 0 saturated carbocycles. The zero-order valence-electron chi connectivity index (χ0n) is 13.2. The third-order valence-corrected chi connectivity index (χ3v) is 3.50. The first-order valence-electron chi connectivity index (χ1n) is 7.29. The van der Waals surface area contributed by atoms with E-state index in [1.165, 1.54) is 5.56 Å². The molecule has 0 heterocycles. The molecule has 0 radical (unpaired) electrons. The Labute approximate surface area is 144 Å². The molecule has 1 amide bonds. The minimum absolute atomic E-state index is 0.142. The Morgan fingerprint density at radius 2 is 1.71 bits per heavy atom. The standard InChI is InChI=1S/C17H17F2N3OS/c1-10(2)11-3-6-13(7-4-11)20-17(24)22-21-16(23)14-8-5-12(18)9-15(14)19/h3-10H,1-2H3,(H,21,23)(H2,20,22,24). The van der Waals surface area contributed by atoms with Crippen LogP contribution in [0.3, 0.4) is 0 Å². The summed E-state index contributed by atoms with van der Waals surface area (Å²) >= 11 is 5.05. The lowest BCUT2D eigenvalue weighted by Crippen LogP contribution is -2.44. The van der Waals surface area contributed by atoms with Crippen LogP contribution in [0.4, 0.5) is 14.5 Å². The van der Waals surface area contributed by atoms with E-state index in [4.69, 9.17) is 12.2 Å². The molecule has 3 N–H and O–H groups in total. The maximum Gasteiger partial charge on any atom is 0.272 e. The second-order valence-electron chi connectivity index (χ2n) is 5.43. The van der Waals surface area contributed by atoms with Crippen LogP contribution in [0.25, 0.3) is 0 Å². The Morgan fingerprint density at radius 1 is 1.04 bits per heavy atom. The molecule has 0 fully saturated rings. The van der Waals surface area contributed by atoms with E-state index >= 15 is 0 Å². The average molecular weight is 349 g/mol. The van der Waals surface area contributed by atoms with Gasteiger partial charge in [-0.2, -0.15) is 0 Å². The molecule has 4 nitrogen and oxygen atoms in total. The first-order valence-corrected chi connectivity index (χ1v) is 7.70. The first kappa shape index (κ1) is 17.8. The van der Waals surface area contributed by atoms with Crippen molar-refractivity contribution in [2.45, 2.75) is 19.8 Å². The molecule has 0 aliphatic carbocycles. The predicted molar refractivity (Wildman–Crippen MR) is 93.7 cm³/mol. The maximum absolute atomic E-state index is 13.5. The Bertz CT molecular complexity index is 748. The van der Waals surface area contributed by atoms with Gasteiger partial charge >= 0.3 is 0 Å². The topological polar surface area (TPSA) is 53.2 Å². The molecule has 2 aromatic rings. The molecule has 0 atom stereocenters. The summed E-state index contributed by atoms with van der Waals surface area (Å²) in [5.41, 5.74) is 6.38. The van der Waals surface area contributed by atoms with Gasteiger partial charge in [-0.25, -0.2) is 8.78 Å². The molecule has 0 aliphatic rings. The van der Waals surface area contributed by atoms with Crippen molar-refractivity contribution < 1.29 is 13.6 Å². The number of nitrogens with one attached hydrogen (secondary N) is 3. The van der Waals surface area contributed by atoms with Crippen LogP contribution in [-0.4, -0.2) is 11.0 Å². The number of anilines is 1. The summed E-state index contributed by atoms with van der Waals surface area (Å²) in [7, 11) is 0. The summed E-state index contributed by atoms with van der Waals surface area (Å²) in [5, 5.41) is 3.03. The number of benzene rings is 2. The summed E-state index contributed by atoms with van der Waals surface area (Å²) in [6.07, 6.45) is 0. The number of rotatable bonds is 3. The van der Waals surface area contributed by atoms with Crippen LogP contribution in [0.2, 0.25) is 0 Å². The molecule has 126 valence electrons. The minimum Gasteiger partial charge on any atom is -0.331 e. The van der Waals surface area contributed by atoms with Gasteiger partial charge in [-0.05, 0) is 48.0 Å². The van der Waals surface area contributed by atoms with Crippen molar-refractivity contribution in [3.63, 3.8) is 0 Å². The maximum atomic E-state index is 13.5. The molecular weight excluding hydrogens is 332 g/mol. The van der Waals surface area contributed by atoms with Crippen LogP contribution in [0.1, 0.15) is 35.7 Å². The van der Waals surface area contributed by atoms with Gasteiger partial charge in [0.15, 0.2) is 5.11 Å². The minimum atomic E-state index is -0.947. The average Bonchev–Trinajstić information content (AvgIpc) is 2.53. The predicted octanol–water partition coefficient (Wildman–Crippen LogP) is 3.72. The van der Waals surface area contributed by atoms with Gasteiger partial charge in [-0.1, -0.05) is 26.0 Å². The second kappa shape index (κ2) is 7.83. The van der Waals surface area contributed by atoms with E-state index in [0.717, 1.165) is 17.8 Å². The highest BCUT2D eigenvalue weighted by Crippen LogP contribution is 2.17. The highest BCUT2D eigenvalue weighted by molar-refractivity contribution is 7.80. The molecule has 0 saturated heterocycles. The van der Waals surface area contributed by atoms with E-state index in [1.54, 1.807) is 0 Å². The number of hydrazine groups is 1. The van der Waals surface area contributed by atoms with Gasteiger partial charge in [0.2, 0.25) is 0 Å². The molecule has 2 rings (SSSR count). The lowest BCUT2D eigenvalue weighted by Gasteiger charge is -2.13. The van der Waals surface area contributed by atoms with Gasteiger partial charge in [0.05, 0.1) is 5.56 Å². The summed E-state index contributed by atoms with van der Waals surface area (Å²) < 4.78 is 26.3. The molecule has 0 bridgehead atoms. The van der Waals surface area contributed by atoms with Gasteiger partial charge < -0.3 is 5.32 Å². The molecule has 0 aromatic heterocycles. The van der Waals surface area contributed by atoms with Crippen molar-refractivity contribution in [2.24, 2.45) is 0 Å². The van der Waals surface area contributed by atoms with Crippen molar-refractivity contribution in [1.82, 2.24) is 10.9 Å². The molecule has 0 aliphatic heterocycles. The lowest BCUT2D eigenvalue weighted by atomic mass is 10.0. The van der Waals surface area contributed by atoms with Gasteiger partial charge in [0.25, 0.3) is 5.91 Å². The first-order chi connectivity index (χ1) is 11.4. The number of thiocarbonyl (C=S) groups is 1. The number of halogens is 2. The third-order valence-electron chi connectivity index (χ3n) is 3.30. The molecule has 24 heavy (non-hydrogen) atoms. The molecular formula is C17H17F2N3OS. The van der Waals surface area contributed by atoms with E-state index in [1.807, 2.05) is 24.3 Å². The summed E-state index contributed by atoms with van der Waals surface area (Å²) in [6.45, 7) is 4.19. The highest BCUT2D eigenvalue weighted by Gasteiger charge is 2.12. The lowest BCUT2D eigenvalue weighted by molar-refractivity contribution is 0.0940. The Balaban J connectivity index is 1.89. The van der Waals surface area contributed by atoms with Crippen molar-refractivity contribution >= 4 is 28.9 Å². The monoisotopic (exact) mass is 349 g/mol. The largest absolute Gasteiger partial charge is 0.331 e. The van der Waals surface area contributed by atoms with Crippen molar-refractivity contribution in [1.29, 1.82) is 0 Å². The third kappa shape index (κ3) is 4.73. The van der Waals surface area contributed by atoms with Gasteiger partial charge in [-0.3, -0.25) is 15.6 Å². The fourth-order valence-corrected chi connectivity index (χ4v) is 2.14. The zero-order chi connectivity index (χ0) is 17.7. The summed E-state index contributed by atoms with van der Waals surface area (Å²) in [4.78, 5) is 11.8. The van der Waals surface area contributed by atoms with Crippen LogP contribution >= 0.6 is 12.2 Å². The Kier molecular flexibility index (Phi) is 5.81. The SMILES string of the molecule is CC(C)c1ccc(NC(=S)NNC(=O)c2ccc(F)cc2F)cc1. The van der Waals surface area contributed by atoms with Crippen LogP contribution in [0, 0.1) is 11.6 Å². The summed E-state index contributed by atoms with van der Waals surface area (Å²) in [5.74, 6) is -2.03. The normalized spacial score (nSPS) is 10.4. The highest BCUT2D eigenvalue weighted by atomic mass is 32.1. The summed E-state index contributed by atoms with van der Waals surface area (Å²) in [6, 6.07) is 10.4. The molecule has 7 heteroatoms. The Morgan fingerprint density at radius 3 is 2.29 bits per heavy atom. The Hall–Kier alpha value is -2.54.